The molecule has 7 atom stereocenters. The van der Waals surface area contributed by atoms with Crippen LogP contribution in [-0.4, -0.2) is 0 Å². The van der Waals surface area contributed by atoms with Gasteiger partial charge in [0, 0.05) is 5.92 Å². The van der Waals surface area contributed by atoms with Gasteiger partial charge in [-0.25, -0.2) is 0 Å². The van der Waals surface area contributed by atoms with Crippen LogP contribution in [-0.2, 0) is 0 Å². The van der Waals surface area contributed by atoms with Crippen molar-refractivity contribution in [1.29, 1.82) is 0 Å². The number of hydrogen-bond donors (Lipinski definition) is 0. The fourth-order valence-electron chi connectivity index (χ4n) is 9.18. The number of hydrogen-bond acceptors (Lipinski definition) is 0. The maximum atomic E-state index is 2.73. The van der Waals surface area contributed by atoms with E-state index in [1.807, 2.05) is 0 Å². The smallest absolute Gasteiger partial charge is 0.00390 e. The van der Waals surface area contributed by atoms with Gasteiger partial charge in [0.15, 0.2) is 0 Å². The van der Waals surface area contributed by atoms with E-state index < -0.39 is 0 Å². The Labute approximate surface area is 188 Å². The van der Waals surface area contributed by atoms with E-state index in [1.54, 1.807) is 5.57 Å². The molecule has 4 rings (SSSR count). The number of rotatable bonds is 5. The summed E-state index contributed by atoms with van der Waals surface area (Å²) in [6.45, 7) is 20.5. The van der Waals surface area contributed by atoms with E-state index in [0.717, 1.165) is 23.7 Å². The summed E-state index contributed by atoms with van der Waals surface area (Å²) in [6.07, 6.45) is 20.5. The van der Waals surface area contributed by atoms with Gasteiger partial charge in [0.05, 0.1) is 0 Å². The van der Waals surface area contributed by atoms with E-state index in [9.17, 15) is 0 Å². The van der Waals surface area contributed by atoms with Gasteiger partial charge in [-0.15, -0.1) is 0 Å². The third kappa shape index (κ3) is 3.21. The molecule has 0 heterocycles. The van der Waals surface area contributed by atoms with Crippen molar-refractivity contribution in [3.8, 4) is 0 Å². The van der Waals surface area contributed by atoms with Crippen LogP contribution in [0.4, 0.5) is 0 Å². The lowest BCUT2D eigenvalue weighted by molar-refractivity contribution is -0.130. The van der Waals surface area contributed by atoms with Crippen molar-refractivity contribution < 1.29 is 0 Å². The van der Waals surface area contributed by atoms with E-state index in [1.165, 1.54) is 57.8 Å². The van der Waals surface area contributed by atoms with Crippen LogP contribution in [0.5, 0.6) is 0 Å². The quantitative estimate of drug-likeness (QED) is 0.396. The molecule has 0 N–H and O–H groups in total. The van der Waals surface area contributed by atoms with Crippen LogP contribution in [0.25, 0.3) is 0 Å². The molecule has 170 valence electrons. The molecule has 0 aromatic carbocycles. The Hall–Kier alpha value is -0.520. The van der Waals surface area contributed by atoms with Crippen LogP contribution in [0.2, 0.25) is 0 Å². The van der Waals surface area contributed by atoms with Crippen molar-refractivity contribution in [1.82, 2.24) is 0 Å². The predicted octanol–water partition coefficient (Wildman–Crippen LogP) is 9.22. The Morgan fingerprint density at radius 3 is 2.37 bits per heavy atom. The highest BCUT2D eigenvalue weighted by atomic mass is 14.7. The van der Waals surface area contributed by atoms with Gasteiger partial charge in [-0.1, -0.05) is 98.5 Å². The molecule has 4 aliphatic rings. The minimum atomic E-state index is 0.359. The van der Waals surface area contributed by atoms with Crippen LogP contribution in [0.1, 0.15) is 113 Å². The first-order valence-corrected chi connectivity index (χ1v) is 13.3. The van der Waals surface area contributed by atoms with Gasteiger partial charge in [0.25, 0.3) is 0 Å². The van der Waals surface area contributed by atoms with Crippen molar-refractivity contribution in [2.45, 2.75) is 113 Å². The molecular formula is C30H50. The Morgan fingerprint density at radius 2 is 1.67 bits per heavy atom. The maximum Gasteiger partial charge on any atom is 0.00390 e. The summed E-state index contributed by atoms with van der Waals surface area (Å²) >= 11 is 0. The van der Waals surface area contributed by atoms with Gasteiger partial charge in [0.2, 0.25) is 0 Å². The van der Waals surface area contributed by atoms with Crippen LogP contribution >= 0.6 is 0 Å². The van der Waals surface area contributed by atoms with Crippen LogP contribution in [0.3, 0.4) is 0 Å². The summed E-state index contributed by atoms with van der Waals surface area (Å²) in [4.78, 5) is 0. The number of fused-ring (bicyclic) bond motifs is 5. The SMILES string of the molecule is CC(C)CCC[C@@H](C)[C@H]1CC[C@@]2(C)[C@@H]3CC=C4[C@H](C=CCC4(C)C)[C@]3(C)CC[C@]12C. The third-order valence-electron chi connectivity index (χ3n) is 11.3. The summed E-state index contributed by atoms with van der Waals surface area (Å²) in [5, 5.41) is 0. The second-order valence-electron chi connectivity index (χ2n) is 13.7. The summed E-state index contributed by atoms with van der Waals surface area (Å²) in [6, 6.07) is 0. The molecular weight excluding hydrogens is 360 g/mol. The second kappa shape index (κ2) is 7.52. The van der Waals surface area contributed by atoms with Crippen molar-refractivity contribution in [2.24, 2.45) is 51.2 Å². The van der Waals surface area contributed by atoms with E-state index >= 15 is 0 Å². The fraction of sp³-hybridized carbons (Fsp3) is 0.867. The van der Waals surface area contributed by atoms with Crippen molar-refractivity contribution in [3.63, 3.8) is 0 Å². The molecule has 0 bridgehead atoms. The van der Waals surface area contributed by atoms with Crippen molar-refractivity contribution >= 4 is 0 Å². The maximum absolute atomic E-state index is 2.73. The lowest BCUT2D eigenvalue weighted by Crippen LogP contribution is -2.57. The second-order valence-corrected chi connectivity index (χ2v) is 13.7. The van der Waals surface area contributed by atoms with Gasteiger partial charge in [-0.3, -0.25) is 0 Å². The van der Waals surface area contributed by atoms with Crippen LogP contribution < -0.4 is 0 Å². The minimum absolute atomic E-state index is 0.359. The molecule has 0 spiro atoms. The average molecular weight is 411 g/mol. The molecule has 2 fully saturated rings. The molecule has 0 amide bonds. The molecule has 0 radical (unpaired) electrons. The molecule has 0 saturated heterocycles. The van der Waals surface area contributed by atoms with Crippen LogP contribution in [0, 0.1) is 51.2 Å². The highest BCUT2D eigenvalue weighted by Crippen LogP contribution is 2.74. The molecule has 0 aromatic rings. The first kappa shape index (κ1) is 22.7. The molecule has 0 heteroatoms. The molecule has 2 saturated carbocycles. The molecule has 0 nitrogen and oxygen atoms in total. The highest BCUT2D eigenvalue weighted by Gasteiger charge is 2.66. The van der Waals surface area contributed by atoms with Gasteiger partial charge in [-0.05, 0) is 83.9 Å². The largest absolute Gasteiger partial charge is 0.0871 e. The van der Waals surface area contributed by atoms with Gasteiger partial charge < -0.3 is 0 Å². The standard InChI is InChI=1S/C30H50/c1-21(2)11-9-12-22(3)23-16-18-30(8)26-15-14-24-25(13-10-17-27(24,4)5)28(26,6)19-20-29(23,30)7/h10,13-14,21-23,25-26H,9,11-12,15-20H2,1-8H3/t22-,23-,25+,26-,28+,29-,30+/m1/s1. The van der Waals surface area contributed by atoms with Gasteiger partial charge in [0.1, 0.15) is 0 Å². The Kier molecular flexibility index (Phi) is 5.68. The first-order valence-electron chi connectivity index (χ1n) is 13.3. The zero-order chi connectivity index (χ0) is 21.9. The van der Waals surface area contributed by atoms with Gasteiger partial charge in [-0.2, -0.15) is 0 Å². The lowest BCUT2D eigenvalue weighted by Gasteiger charge is -2.65. The van der Waals surface area contributed by atoms with E-state index in [0.29, 0.717) is 27.6 Å². The summed E-state index contributed by atoms with van der Waals surface area (Å²) < 4.78 is 0. The summed E-state index contributed by atoms with van der Waals surface area (Å²) in [5.41, 5.74) is 3.63. The van der Waals surface area contributed by atoms with Gasteiger partial charge >= 0.3 is 0 Å². The molecule has 0 aliphatic heterocycles. The molecule has 30 heavy (non-hydrogen) atoms. The van der Waals surface area contributed by atoms with Crippen molar-refractivity contribution in [3.05, 3.63) is 23.8 Å². The summed E-state index contributed by atoms with van der Waals surface area (Å²) in [5.74, 6) is 4.21. The highest BCUT2D eigenvalue weighted by molar-refractivity contribution is 5.34. The number of allylic oxidation sites excluding steroid dienone is 4. The lowest BCUT2D eigenvalue weighted by atomic mass is 9.40. The summed E-state index contributed by atoms with van der Waals surface area (Å²) in [7, 11) is 0. The Balaban J connectivity index is 1.61. The average Bonchev–Trinajstić information content (AvgIpc) is 2.93. The zero-order valence-corrected chi connectivity index (χ0v) is 21.5. The first-order chi connectivity index (χ1) is 14.0. The third-order valence-corrected chi connectivity index (χ3v) is 11.3. The minimum Gasteiger partial charge on any atom is -0.0871 e. The predicted molar refractivity (Wildman–Crippen MR) is 131 cm³/mol. The van der Waals surface area contributed by atoms with Crippen molar-refractivity contribution in [2.75, 3.05) is 0 Å². The van der Waals surface area contributed by atoms with E-state index in [4.69, 9.17) is 0 Å². The topological polar surface area (TPSA) is 0 Å². The van der Waals surface area contributed by atoms with Crippen LogP contribution in [0.15, 0.2) is 23.8 Å². The normalized spacial score (nSPS) is 45.5. The fourth-order valence-corrected chi connectivity index (χ4v) is 9.18. The Bertz CT molecular complexity index is 708. The monoisotopic (exact) mass is 410 g/mol. The van der Waals surface area contributed by atoms with E-state index in [2.05, 4.69) is 73.6 Å². The zero-order valence-electron chi connectivity index (χ0n) is 21.5. The Morgan fingerprint density at radius 1 is 0.933 bits per heavy atom. The van der Waals surface area contributed by atoms with E-state index in [-0.39, 0.29) is 0 Å². The molecule has 0 unspecified atom stereocenters. The molecule has 0 aromatic heterocycles. The molecule has 4 aliphatic carbocycles.